The molecule has 1 saturated heterocycles. The molecule has 2 amide bonds. The van der Waals surface area contributed by atoms with Crippen LogP contribution in [0.1, 0.15) is 68.9 Å². The van der Waals surface area contributed by atoms with Crippen LogP contribution in [0.5, 0.6) is 0 Å². The number of rotatable bonds is 10. The first kappa shape index (κ1) is 31.3. The second-order valence-electron chi connectivity index (χ2n) is 11.9. The van der Waals surface area contributed by atoms with Crippen LogP contribution in [0.2, 0.25) is 10.0 Å². The quantitative estimate of drug-likeness (QED) is 0.328. The monoisotopic (exact) mass is 575 g/mol. The van der Waals surface area contributed by atoms with Crippen LogP contribution in [-0.2, 0) is 17.6 Å². The molecule has 214 valence electrons. The first-order valence-corrected chi connectivity index (χ1v) is 14.7. The van der Waals surface area contributed by atoms with E-state index in [0.29, 0.717) is 40.4 Å². The average molecular weight is 577 g/mol. The van der Waals surface area contributed by atoms with Gasteiger partial charge in [0.2, 0.25) is 0 Å². The van der Waals surface area contributed by atoms with Crippen LogP contribution in [0.4, 0.5) is 4.79 Å². The Labute approximate surface area is 243 Å². The topological polar surface area (TPSA) is 70.7 Å². The summed E-state index contributed by atoms with van der Waals surface area (Å²) in [6.45, 7) is 13.2. The molecule has 39 heavy (non-hydrogen) atoms. The molecule has 0 unspecified atom stereocenters. The van der Waals surface area contributed by atoms with E-state index in [4.69, 9.17) is 27.9 Å². The standard InChI is InChI=1S/C31H43Cl2N3O3/c1-21(2)28(20-36-16-13-23(14-17-36)18-24-8-11-26(32)27(33)19-24)35-29(37)25-9-6-22(7-10-25)12-15-34-30(38)39-31(3,4)5/h6-11,19,21,23,28H,12-18,20H2,1-5H3,(H,34,38)(H,35,37)/t28-/m0/s1. The Morgan fingerprint density at radius 1 is 1.00 bits per heavy atom. The number of halogens is 2. The van der Waals surface area contributed by atoms with Crippen LogP contribution in [-0.4, -0.2) is 54.7 Å². The van der Waals surface area contributed by atoms with E-state index in [0.717, 1.165) is 44.5 Å². The highest BCUT2D eigenvalue weighted by molar-refractivity contribution is 6.42. The molecule has 0 aromatic heterocycles. The summed E-state index contributed by atoms with van der Waals surface area (Å²) in [4.78, 5) is 27.3. The molecular weight excluding hydrogens is 533 g/mol. The number of ether oxygens (including phenoxy) is 1. The van der Waals surface area contributed by atoms with Crippen molar-refractivity contribution in [1.29, 1.82) is 0 Å². The highest BCUT2D eigenvalue weighted by atomic mass is 35.5. The second kappa shape index (κ2) is 14.4. The molecule has 0 bridgehead atoms. The van der Waals surface area contributed by atoms with Gasteiger partial charge in [0.1, 0.15) is 5.60 Å². The van der Waals surface area contributed by atoms with Gasteiger partial charge in [0, 0.05) is 24.7 Å². The van der Waals surface area contributed by atoms with Crippen molar-refractivity contribution in [3.8, 4) is 0 Å². The van der Waals surface area contributed by atoms with Crippen LogP contribution in [0.3, 0.4) is 0 Å². The van der Waals surface area contributed by atoms with E-state index in [9.17, 15) is 9.59 Å². The third-order valence-electron chi connectivity index (χ3n) is 7.09. The molecule has 0 aliphatic carbocycles. The van der Waals surface area contributed by atoms with Gasteiger partial charge in [-0.05, 0) is 107 Å². The highest BCUT2D eigenvalue weighted by Gasteiger charge is 2.25. The zero-order chi connectivity index (χ0) is 28.6. The molecule has 1 heterocycles. The lowest BCUT2D eigenvalue weighted by Gasteiger charge is -2.35. The Balaban J connectivity index is 1.44. The Hall–Kier alpha value is -2.28. The zero-order valence-corrected chi connectivity index (χ0v) is 25.4. The van der Waals surface area contributed by atoms with Gasteiger partial charge in [0.15, 0.2) is 0 Å². The number of likely N-dealkylation sites (tertiary alicyclic amines) is 1. The molecule has 1 aliphatic heterocycles. The van der Waals surface area contributed by atoms with Crippen LogP contribution in [0.25, 0.3) is 0 Å². The Morgan fingerprint density at radius 2 is 1.64 bits per heavy atom. The van der Waals surface area contributed by atoms with E-state index in [1.165, 1.54) is 5.56 Å². The minimum Gasteiger partial charge on any atom is -0.444 e. The minimum absolute atomic E-state index is 0.0540. The molecule has 1 atom stereocenters. The summed E-state index contributed by atoms with van der Waals surface area (Å²) in [7, 11) is 0. The molecule has 0 radical (unpaired) electrons. The van der Waals surface area contributed by atoms with Gasteiger partial charge in [0.05, 0.1) is 10.0 Å². The molecule has 1 fully saturated rings. The third kappa shape index (κ3) is 10.7. The van der Waals surface area contributed by atoms with E-state index in [2.05, 4.69) is 35.4 Å². The van der Waals surface area contributed by atoms with E-state index in [1.807, 2.05) is 57.2 Å². The third-order valence-corrected chi connectivity index (χ3v) is 7.83. The summed E-state index contributed by atoms with van der Waals surface area (Å²) >= 11 is 12.2. The molecule has 6 nitrogen and oxygen atoms in total. The lowest BCUT2D eigenvalue weighted by Crippen LogP contribution is -2.48. The molecule has 2 aromatic carbocycles. The van der Waals surface area contributed by atoms with Gasteiger partial charge in [0.25, 0.3) is 5.91 Å². The number of carbonyl (C=O) groups excluding carboxylic acids is 2. The fourth-order valence-electron chi connectivity index (χ4n) is 4.77. The van der Waals surface area contributed by atoms with Crippen molar-refractivity contribution in [3.63, 3.8) is 0 Å². The summed E-state index contributed by atoms with van der Waals surface area (Å²) in [6, 6.07) is 13.6. The smallest absolute Gasteiger partial charge is 0.407 e. The Bertz CT molecular complexity index is 1090. The van der Waals surface area contributed by atoms with Gasteiger partial charge in [-0.1, -0.05) is 55.2 Å². The molecule has 3 rings (SSSR count). The van der Waals surface area contributed by atoms with E-state index in [-0.39, 0.29) is 11.9 Å². The van der Waals surface area contributed by atoms with Gasteiger partial charge < -0.3 is 20.3 Å². The van der Waals surface area contributed by atoms with Gasteiger partial charge in [-0.25, -0.2) is 4.79 Å². The first-order valence-electron chi connectivity index (χ1n) is 13.9. The Morgan fingerprint density at radius 3 is 2.23 bits per heavy atom. The van der Waals surface area contributed by atoms with Crippen molar-refractivity contribution in [2.75, 3.05) is 26.2 Å². The number of hydrogen-bond donors (Lipinski definition) is 2. The SMILES string of the molecule is CC(C)[C@H](CN1CCC(Cc2ccc(Cl)c(Cl)c2)CC1)NC(=O)c1ccc(CCNC(=O)OC(C)(C)C)cc1. The van der Waals surface area contributed by atoms with Crippen molar-refractivity contribution in [3.05, 3.63) is 69.2 Å². The van der Waals surface area contributed by atoms with E-state index >= 15 is 0 Å². The van der Waals surface area contributed by atoms with Crippen molar-refractivity contribution < 1.29 is 14.3 Å². The van der Waals surface area contributed by atoms with Crippen LogP contribution in [0, 0.1) is 11.8 Å². The highest BCUT2D eigenvalue weighted by Crippen LogP contribution is 2.27. The fourth-order valence-corrected chi connectivity index (χ4v) is 5.09. The normalized spacial score (nSPS) is 15.7. The zero-order valence-electron chi connectivity index (χ0n) is 23.9. The van der Waals surface area contributed by atoms with Crippen LogP contribution >= 0.6 is 23.2 Å². The summed E-state index contributed by atoms with van der Waals surface area (Å²) in [5.74, 6) is 0.895. The lowest BCUT2D eigenvalue weighted by atomic mass is 9.89. The number of piperidine rings is 1. The Kier molecular flexibility index (Phi) is 11.5. The van der Waals surface area contributed by atoms with Crippen molar-refractivity contribution in [2.24, 2.45) is 11.8 Å². The summed E-state index contributed by atoms with van der Waals surface area (Å²) in [5.41, 5.74) is 2.41. The summed E-state index contributed by atoms with van der Waals surface area (Å²) in [5, 5.41) is 7.24. The number of alkyl carbamates (subject to hydrolysis) is 1. The number of amides is 2. The van der Waals surface area contributed by atoms with E-state index in [1.54, 1.807) is 0 Å². The molecule has 8 heteroatoms. The van der Waals surface area contributed by atoms with E-state index < -0.39 is 11.7 Å². The molecule has 2 N–H and O–H groups in total. The molecular formula is C31H43Cl2N3O3. The maximum absolute atomic E-state index is 13.0. The van der Waals surface area contributed by atoms with Crippen molar-refractivity contribution in [2.45, 2.75) is 71.9 Å². The second-order valence-corrected chi connectivity index (χ2v) is 12.7. The number of hydrogen-bond acceptors (Lipinski definition) is 4. The predicted octanol–water partition coefficient (Wildman–Crippen LogP) is 6.77. The van der Waals surface area contributed by atoms with Crippen molar-refractivity contribution in [1.82, 2.24) is 15.5 Å². The van der Waals surface area contributed by atoms with Gasteiger partial charge >= 0.3 is 6.09 Å². The molecule has 0 saturated carbocycles. The van der Waals surface area contributed by atoms with Crippen LogP contribution in [0.15, 0.2) is 42.5 Å². The first-order chi connectivity index (χ1) is 18.4. The lowest BCUT2D eigenvalue weighted by molar-refractivity contribution is 0.0528. The number of benzene rings is 2. The molecule has 1 aliphatic rings. The number of nitrogens with one attached hydrogen (secondary N) is 2. The fraction of sp³-hybridized carbons (Fsp3) is 0.548. The summed E-state index contributed by atoms with van der Waals surface area (Å²) < 4.78 is 5.26. The van der Waals surface area contributed by atoms with Crippen molar-refractivity contribution >= 4 is 35.2 Å². The largest absolute Gasteiger partial charge is 0.444 e. The molecule has 2 aromatic rings. The predicted molar refractivity (Wildman–Crippen MR) is 160 cm³/mol. The van der Waals surface area contributed by atoms with Crippen LogP contribution < -0.4 is 10.6 Å². The molecule has 0 spiro atoms. The maximum atomic E-state index is 13.0. The van der Waals surface area contributed by atoms with Gasteiger partial charge in [-0.2, -0.15) is 0 Å². The summed E-state index contributed by atoms with van der Waals surface area (Å²) in [6.07, 6.45) is 3.51. The number of nitrogens with zero attached hydrogens (tertiary/aromatic N) is 1. The maximum Gasteiger partial charge on any atom is 0.407 e. The van der Waals surface area contributed by atoms with Gasteiger partial charge in [-0.3, -0.25) is 4.79 Å². The van der Waals surface area contributed by atoms with Gasteiger partial charge in [-0.15, -0.1) is 0 Å². The average Bonchev–Trinajstić information content (AvgIpc) is 2.86. The number of carbonyl (C=O) groups is 2. The minimum atomic E-state index is -0.517.